The molecule has 7 heteroatoms. The van der Waals surface area contributed by atoms with E-state index in [1.807, 2.05) is 30.3 Å². The molecule has 0 aromatic heterocycles. The average Bonchev–Trinajstić information content (AvgIpc) is 2.98. The van der Waals surface area contributed by atoms with E-state index in [1.54, 1.807) is 36.4 Å². The Morgan fingerprint density at radius 3 is 2.23 bits per heavy atom. The second kappa shape index (κ2) is 11.5. The van der Waals surface area contributed by atoms with E-state index in [9.17, 15) is 14.4 Å². The van der Waals surface area contributed by atoms with Gasteiger partial charge in [0.05, 0.1) is 16.9 Å². The molecule has 1 saturated heterocycles. The maximum atomic E-state index is 14.0. The lowest BCUT2D eigenvalue weighted by Crippen LogP contribution is -2.57. The van der Waals surface area contributed by atoms with Crippen LogP contribution < -0.4 is 10.5 Å². The molecule has 2 N–H and O–H groups in total. The Labute approximate surface area is 240 Å². The van der Waals surface area contributed by atoms with Crippen LogP contribution in [0, 0.1) is 23.1 Å². The molecule has 1 saturated carbocycles. The van der Waals surface area contributed by atoms with Crippen molar-refractivity contribution in [3.63, 3.8) is 0 Å². The zero-order valence-electron chi connectivity index (χ0n) is 22.7. The molecule has 0 amide bonds. The molecule has 1 heterocycles. The van der Waals surface area contributed by atoms with Crippen molar-refractivity contribution >= 4 is 23.2 Å². The standard InChI is InChI=1S/C33H34FN3O2S/c1-23-21-37(28-15-17-32(22-35,18-16-28)25-9-11-27(34)12-10-25)20-19-33(23,26-5-3-2-4-6-26)31(38)39-29-13-7-24(8-14-29)30(36)40/h2-14,23,28H,15-21H2,1H3,(H2,36,40)/t23-,28?,32?,33-/m0/s1. The van der Waals surface area contributed by atoms with Crippen LogP contribution in [0.5, 0.6) is 5.75 Å². The van der Waals surface area contributed by atoms with Crippen LogP contribution in [0.15, 0.2) is 78.9 Å². The third-order valence-electron chi connectivity index (χ3n) is 9.08. The molecule has 5 nitrogen and oxygen atoms in total. The van der Waals surface area contributed by atoms with Gasteiger partial charge in [-0.1, -0.05) is 61.6 Å². The van der Waals surface area contributed by atoms with Crippen molar-refractivity contribution in [2.75, 3.05) is 13.1 Å². The van der Waals surface area contributed by atoms with Crippen molar-refractivity contribution in [1.29, 1.82) is 5.26 Å². The minimum absolute atomic E-state index is 0.00629. The first-order valence-corrected chi connectivity index (χ1v) is 14.3. The van der Waals surface area contributed by atoms with E-state index in [4.69, 9.17) is 22.7 Å². The molecule has 2 aliphatic rings. The van der Waals surface area contributed by atoms with Crippen LogP contribution in [0.2, 0.25) is 0 Å². The Kier molecular flexibility index (Phi) is 8.02. The first-order valence-electron chi connectivity index (χ1n) is 13.9. The molecule has 0 spiro atoms. The lowest BCUT2D eigenvalue weighted by molar-refractivity contribution is -0.146. The van der Waals surface area contributed by atoms with E-state index in [0.717, 1.165) is 55.5 Å². The van der Waals surface area contributed by atoms with Crippen LogP contribution in [0.25, 0.3) is 0 Å². The summed E-state index contributed by atoms with van der Waals surface area (Å²) in [4.78, 5) is 16.7. The second-order valence-electron chi connectivity index (χ2n) is 11.2. The Hall–Kier alpha value is -3.60. The lowest BCUT2D eigenvalue weighted by Gasteiger charge is -2.49. The van der Waals surface area contributed by atoms with Gasteiger partial charge >= 0.3 is 5.97 Å². The van der Waals surface area contributed by atoms with Crippen LogP contribution in [-0.2, 0) is 15.6 Å². The lowest BCUT2D eigenvalue weighted by atomic mass is 9.65. The number of ether oxygens (including phenoxy) is 1. The summed E-state index contributed by atoms with van der Waals surface area (Å²) in [6.07, 6.45) is 3.88. The van der Waals surface area contributed by atoms with Crippen LogP contribution in [0.1, 0.15) is 55.7 Å². The predicted molar refractivity (Wildman–Crippen MR) is 157 cm³/mol. The van der Waals surface area contributed by atoms with Gasteiger partial charge in [0.2, 0.25) is 0 Å². The van der Waals surface area contributed by atoms with E-state index in [2.05, 4.69) is 17.9 Å². The van der Waals surface area contributed by atoms with Gasteiger partial charge in [0.15, 0.2) is 0 Å². The number of piperidine rings is 1. The van der Waals surface area contributed by atoms with Gasteiger partial charge in [-0.3, -0.25) is 4.79 Å². The average molecular weight is 556 g/mol. The number of carbonyl (C=O) groups excluding carboxylic acids is 1. The Morgan fingerprint density at radius 2 is 1.65 bits per heavy atom. The summed E-state index contributed by atoms with van der Waals surface area (Å²) >= 11 is 5.04. The molecule has 5 rings (SSSR count). The number of hydrogen-bond donors (Lipinski definition) is 1. The van der Waals surface area contributed by atoms with Crippen LogP contribution >= 0.6 is 12.2 Å². The zero-order valence-corrected chi connectivity index (χ0v) is 23.5. The first-order chi connectivity index (χ1) is 19.3. The number of hydrogen-bond acceptors (Lipinski definition) is 5. The summed E-state index contributed by atoms with van der Waals surface area (Å²) in [6.45, 7) is 3.65. The number of likely N-dealkylation sites (tertiary alicyclic amines) is 1. The number of thiocarbonyl (C=S) groups is 1. The van der Waals surface area contributed by atoms with E-state index < -0.39 is 10.8 Å². The Morgan fingerprint density at radius 1 is 1.00 bits per heavy atom. The number of nitriles is 1. The zero-order chi connectivity index (χ0) is 28.3. The van der Waals surface area contributed by atoms with Gasteiger partial charge in [0, 0.05) is 18.2 Å². The van der Waals surface area contributed by atoms with Crippen LogP contribution in [0.3, 0.4) is 0 Å². The molecule has 3 aromatic rings. The third kappa shape index (κ3) is 5.26. The first kappa shape index (κ1) is 27.9. The highest BCUT2D eigenvalue weighted by molar-refractivity contribution is 7.80. The smallest absolute Gasteiger partial charge is 0.322 e. The second-order valence-corrected chi connectivity index (χ2v) is 11.6. The van der Waals surface area contributed by atoms with Crippen molar-refractivity contribution in [2.24, 2.45) is 11.7 Å². The number of carbonyl (C=O) groups is 1. The number of halogens is 1. The van der Waals surface area contributed by atoms with Crippen molar-refractivity contribution in [2.45, 2.75) is 55.9 Å². The summed E-state index contributed by atoms with van der Waals surface area (Å²) in [5, 5.41) is 10.1. The van der Waals surface area contributed by atoms with Gasteiger partial charge in [0.1, 0.15) is 16.6 Å². The van der Waals surface area contributed by atoms with Crippen LogP contribution in [-0.4, -0.2) is 35.0 Å². The molecule has 1 aliphatic carbocycles. The molecule has 3 aromatic carbocycles. The van der Waals surface area contributed by atoms with Gasteiger partial charge < -0.3 is 15.4 Å². The molecule has 1 aliphatic heterocycles. The highest BCUT2D eigenvalue weighted by atomic mass is 32.1. The SMILES string of the molecule is C[C@H]1CN(C2CCC(C#N)(c3ccc(F)cc3)CC2)CC[C@@]1(C(=O)Oc1ccc(C(N)=S)cc1)c1ccccc1. The number of benzene rings is 3. The predicted octanol–water partition coefficient (Wildman–Crippen LogP) is 6.05. The van der Waals surface area contributed by atoms with Gasteiger partial charge in [-0.15, -0.1) is 0 Å². The maximum absolute atomic E-state index is 14.0. The van der Waals surface area contributed by atoms with Gasteiger partial charge in [-0.25, -0.2) is 4.39 Å². The third-order valence-corrected chi connectivity index (χ3v) is 9.32. The summed E-state index contributed by atoms with van der Waals surface area (Å²) in [5.74, 6) is -0.0649. The fourth-order valence-corrected chi connectivity index (χ4v) is 6.80. The van der Waals surface area contributed by atoms with Crippen molar-refractivity contribution in [3.05, 3.63) is 101 Å². The summed E-state index contributed by atoms with van der Waals surface area (Å²) in [7, 11) is 0. The van der Waals surface area contributed by atoms with Crippen molar-refractivity contribution in [3.8, 4) is 11.8 Å². The van der Waals surface area contributed by atoms with E-state index in [0.29, 0.717) is 23.2 Å². The number of nitrogens with two attached hydrogens (primary N) is 1. The molecule has 0 radical (unpaired) electrons. The fourth-order valence-electron chi connectivity index (χ4n) is 6.66. The quantitative estimate of drug-likeness (QED) is 0.227. The fraction of sp³-hybridized carbons (Fsp3) is 0.364. The summed E-state index contributed by atoms with van der Waals surface area (Å²) < 4.78 is 19.5. The molecular weight excluding hydrogens is 521 g/mol. The van der Waals surface area contributed by atoms with Gasteiger partial charge in [-0.05, 0) is 92.1 Å². The molecule has 40 heavy (non-hydrogen) atoms. The van der Waals surface area contributed by atoms with Gasteiger partial charge in [0.25, 0.3) is 0 Å². The molecular formula is C33H34FN3O2S. The highest BCUT2D eigenvalue weighted by Gasteiger charge is 2.51. The topological polar surface area (TPSA) is 79.3 Å². The monoisotopic (exact) mass is 555 g/mol. The number of nitrogens with zero attached hydrogens (tertiary/aromatic N) is 2. The number of rotatable bonds is 6. The number of esters is 1. The molecule has 0 unspecified atom stereocenters. The Balaban J connectivity index is 1.32. The van der Waals surface area contributed by atoms with E-state index in [1.165, 1.54) is 12.1 Å². The minimum atomic E-state index is -0.779. The summed E-state index contributed by atoms with van der Waals surface area (Å²) in [5.41, 5.74) is 6.95. The van der Waals surface area contributed by atoms with Crippen molar-refractivity contribution < 1.29 is 13.9 Å². The largest absolute Gasteiger partial charge is 0.426 e. The van der Waals surface area contributed by atoms with E-state index in [-0.39, 0.29) is 17.7 Å². The molecule has 2 atom stereocenters. The minimum Gasteiger partial charge on any atom is -0.426 e. The molecule has 206 valence electrons. The summed E-state index contributed by atoms with van der Waals surface area (Å²) in [6, 6.07) is 26.2. The maximum Gasteiger partial charge on any atom is 0.322 e. The van der Waals surface area contributed by atoms with E-state index >= 15 is 0 Å². The van der Waals surface area contributed by atoms with Crippen molar-refractivity contribution in [1.82, 2.24) is 4.90 Å². The van der Waals surface area contributed by atoms with Gasteiger partial charge in [-0.2, -0.15) is 5.26 Å². The molecule has 2 fully saturated rings. The normalized spacial score (nSPS) is 26.9. The highest BCUT2D eigenvalue weighted by Crippen LogP contribution is 2.45. The van der Waals surface area contributed by atoms with Crippen LogP contribution in [0.4, 0.5) is 4.39 Å². The molecule has 0 bridgehead atoms. The Bertz CT molecular complexity index is 1400.